The van der Waals surface area contributed by atoms with Gasteiger partial charge in [-0.05, 0) is 0 Å². The van der Waals surface area contributed by atoms with Crippen LogP contribution >= 0.6 is 11.6 Å². The van der Waals surface area contributed by atoms with Gasteiger partial charge in [-0.3, -0.25) is 10.1 Å². The fourth-order valence-electron chi connectivity index (χ4n) is 0.861. The van der Waals surface area contributed by atoms with Gasteiger partial charge in [-0.1, -0.05) is 11.6 Å². The molecule has 0 aliphatic heterocycles. The van der Waals surface area contributed by atoms with Crippen LogP contribution in [0.25, 0.3) is 0 Å². The van der Waals surface area contributed by atoms with E-state index in [4.69, 9.17) is 21.8 Å². The number of aromatic carboxylic acids is 1. The lowest BCUT2D eigenvalue weighted by Crippen LogP contribution is -1.98. The molecule has 0 saturated heterocycles. The number of nitro benzene ring substituents is 1. The van der Waals surface area contributed by atoms with Gasteiger partial charge in [-0.15, -0.1) is 0 Å². The fraction of sp³-hybridized carbons (Fsp3) is 0. The molecule has 0 spiro atoms. The molecule has 0 bridgehead atoms. The Morgan fingerprint density at radius 3 is 2.50 bits per heavy atom. The number of phenolic OH excluding ortho intramolecular Hbond substituents is 1. The van der Waals surface area contributed by atoms with E-state index >= 15 is 0 Å². The molecule has 0 amide bonds. The zero-order valence-corrected chi connectivity index (χ0v) is 7.35. The smallest absolute Gasteiger partial charge is 0.337 e. The molecule has 7 heteroatoms. The summed E-state index contributed by atoms with van der Waals surface area (Å²) in [5.41, 5.74) is -1.00. The third kappa shape index (κ3) is 1.74. The molecule has 0 radical (unpaired) electrons. The normalized spacial score (nSPS) is 9.79. The average molecular weight is 218 g/mol. The molecule has 0 heterocycles. The van der Waals surface area contributed by atoms with Gasteiger partial charge in [0.1, 0.15) is 0 Å². The van der Waals surface area contributed by atoms with E-state index in [0.29, 0.717) is 0 Å². The molecule has 6 nitrogen and oxygen atoms in total. The average Bonchev–Trinajstić information content (AvgIpc) is 2.07. The largest absolute Gasteiger partial charge is 0.502 e. The van der Waals surface area contributed by atoms with E-state index in [-0.39, 0.29) is 10.6 Å². The molecule has 1 aromatic carbocycles. The second kappa shape index (κ2) is 3.51. The maximum Gasteiger partial charge on any atom is 0.337 e. The summed E-state index contributed by atoms with van der Waals surface area (Å²) in [5.74, 6) is -2.09. The van der Waals surface area contributed by atoms with E-state index in [9.17, 15) is 14.9 Å². The summed E-state index contributed by atoms with van der Waals surface area (Å²) in [5, 5.41) is 27.6. The first-order valence-corrected chi connectivity index (χ1v) is 3.71. The Morgan fingerprint density at radius 2 is 2.07 bits per heavy atom. The molecule has 0 aliphatic rings. The summed E-state index contributed by atoms with van der Waals surface area (Å²) >= 11 is 5.44. The molecule has 0 atom stereocenters. The Hall–Kier alpha value is -1.82. The number of hydrogen-bond donors (Lipinski definition) is 2. The van der Waals surface area contributed by atoms with Crippen molar-refractivity contribution in [1.82, 2.24) is 0 Å². The number of benzene rings is 1. The van der Waals surface area contributed by atoms with E-state index in [0.717, 1.165) is 12.1 Å². The molecular weight excluding hydrogens is 214 g/mol. The summed E-state index contributed by atoms with van der Waals surface area (Å²) in [6.07, 6.45) is 0. The van der Waals surface area contributed by atoms with Crippen molar-refractivity contribution in [2.45, 2.75) is 0 Å². The number of nitrogens with zero attached hydrogens (tertiary/aromatic N) is 1. The Labute approximate surface area is 82.5 Å². The van der Waals surface area contributed by atoms with Crippen molar-refractivity contribution in [3.05, 3.63) is 32.8 Å². The highest BCUT2D eigenvalue weighted by Crippen LogP contribution is 2.31. The maximum absolute atomic E-state index is 10.5. The van der Waals surface area contributed by atoms with Crippen LogP contribution in [-0.4, -0.2) is 21.1 Å². The number of aromatic hydroxyl groups is 1. The first-order chi connectivity index (χ1) is 6.43. The number of hydrogen-bond acceptors (Lipinski definition) is 4. The van der Waals surface area contributed by atoms with Crippen LogP contribution in [0.5, 0.6) is 5.75 Å². The fourth-order valence-corrected chi connectivity index (χ4v) is 1.10. The van der Waals surface area contributed by atoms with Crippen molar-refractivity contribution in [3.8, 4) is 5.75 Å². The highest BCUT2D eigenvalue weighted by atomic mass is 35.5. The molecule has 74 valence electrons. The van der Waals surface area contributed by atoms with Gasteiger partial charge in [-0.25, -0.2) is 4.79 Å². The van der Waals surface area contributed by atoms with Gasteiger partial charge in [0.2, 0.25) is 0 Å². The van der Waals surface area contributed by atoms with Gasteiger partial charge in [0.25, 0.3) is 0 Å². The van der Waals surface area contributed by atoms with E-state index in [1.807, 2.05) is 0 Å². The third-order valence-electron chi connectivity index (χ3n) is 1.49. The second-order valence-corrected chi connectivity index (χ2v) is 2.79. The summed E-state index contributed by atoms with van der Waals surface area (Å²) in [6, 6.07) is 1.53. The molecular formula is C7H4ClNO5. The molecule has 0 unspecified atom stereocenters. The van der Waals surface area contributed by atoms with Gasteiger partial charge in [0.05, 0.1) is 15.5 Å². The lowest BCUT2D eigenvalue weighted by Gasteiger charge is -2.00. The minimum Gasteiger partial charge on any atom is -0.502 e. The highest BCUT2D eigenvalue weighted by Gasteiger charge is 2.19. The standard InChI is InChI=1S/C7H4ClNO5/c8-4-2-5(9(13)14)6(10)1-3(4)7(11)12/h1-2,10H,(H,11,12). The van der Waals surface area contributed by atoms with Crippen LogP contribution in [0.2, 0.25) is 5.02 Å². The summed E-state index contributed by atoms with van der Waals surface area (Å²) in [6.45, 7) is 0. The number of nitro groups is 1. The van der Waals surface area contributed by atoms with E-state index < -0.39 is 22.3 Å². The summed E-state index contributed by atoms with van der Waals surface area (Å²) in [4.78, 5) is 19.9. The van der Waals surface area contributed by atoms with E-state index in [1.165, 1.54) is 0 Å². The minimum atomic E-state index is -1.36. The van der Waals surface area contributed by atoms with Crippen molar-refractivity contribution in [2.24, 2.45) is 0 Å². The molecule has 0 aliphatic carbocycles. The number of rotatable bonds is 2. The van der Waals surface area contributed by atoms with Crippen LogP contribution in [0.4, 0.5) is 5.69 Å². The maximum atomic E-state index is 10.5. The highest BCUT2D eigenvalue weighted by molar-refractivity contribution is 6.33. The molecule has 1 aromatic rings. The topological polar surface area (TPSA) is 101 Å². The third-order valence-corrected chi connectivity index (χ3v) is 1.80. The zero-order chi connectivity index (χ0) is 10.9. The Bertz CT molecular complexity index is 377. The van der Waals surface area contributed by atoms with Crippen molar-refractivity contribution in [1.29, 1.82) is 0 Å². The number of halogens is 1. The van der Waals surface area contributed by atoms with Crippen molar-refractivity contribution in [3.63, 3.8) is 0 Å². The number of carboxylic acids is 1. The monoisotopic (exact) mass is 217 g/mol. The number of phenols is 1. The SMILES string of the molecule is O=C(O)c1cc(O)c([N+](=O)[O-])cc1Cl. The Morgan fingerprint density at radius 1 is 1.50 bits per heavy atom. The summed E-state index contributed by atoms with van der Waals surface area (Å²) in [7, 11) is 0. The molecule has 1 rings (SSSR count). The quantitative estimate of drug-likeness (QED) is 0.579. The van der Waals surface area contributed by atoms with E-state index in [1.54, 1.807) is 0 Å². The van der Waals surface area contributed by atoms with Crippen LogP contribution in [0, 0.1) is 10.1 Å². The van der Waals surface area contributed by atoms with Crippen molar-refractivity contribution < 1.29 is 19.9 Å². The first-order valence-electron chi connectivity index (χ1n) is 3.33. The van der Waals surface area contributed by atoms with E-state index in [2.05, 4.69) is 0 Å². The predicted octanol–water partition coefficient (Wildman–Crippen LogP) is 1.65. The van der Waals surface area contributed by atoms with Crippen molar-refractivity contribution >= 4 is 23.3 Å². The van der Waals surface area contributed by atoms with Crippen LogP contribution in [0.3, 0.4) is 0 Å². The van der Waals surface area contributed by atoms with Gasteiger partial charge in [0, 0.05) is 12.1 Å². The van der Waals surface area contributed by atoms with Gasteiger partial charge in [-0.2, -0.15) is 0 Å². The number of carbonyl (C=O) groups is 1. The van der Waals surface area contributed by atoms with Gasteiger partial charge < -0.3 is 10.2 Å². The molecule has 0 saturated carbocycles. The molecule has 0 fully saturated rings. The van der Waals surface area contributed by atoms with Crippen LogP contribution in [0.15, 0.2) is 12.1 Å². The molecule has 2 N–H and O–H groups in total. The first kappa shape index (κ1) is 10.3. The second-order valence-electron chi connectivity index (χ2n) is 2.38. The van der Waals surface area contributed by atoms with Gasteiger partial charge in [0.15, 0.2) is 5.75 Å². The van der Waals surface area contributed by atoms with Crippen molar-refractivity contribution in [2.75, 3.05) is 0 Å². The lowest BCUT2D eigenvalue weighted by atomic mass is 10.2. The molecule has 14 heavy (non-hydrogen) atoms. The van der Waals surface area contributed by atoms with Crippen LogP contribution < -0.4 is 0 Å². The zero-order valence-electron chi connectivity index (χ0n) is 6.60. The van der Waals surface area contributed by atoms with Crippen LogP contribution in [0.1, 0.15) is 10.4 Å². The summed E-state index contributed by atoms with van der Waals surface area (Å²) < 4.78 is 0. The number of carboxylic acid groups (broad SMARTS) is 1. The predicted molar refractivity (Wildman–Crippen MR) is 46.7 cm³/mol. The van der Waals surface area contributed by atoms with Crippen LogP contribution in [-0.2, 0) is 0 Å². The minimum absolute atomic E-state index is 0.290. The van der Waals surface area contributed by atoms with Gasteiger partial charge >= 0.3 is 11.7 Å². The Kier molecular flexibility index (Phi) is 2.57. The Balaban J connectivity index is 3.38. The molecule has 0 aromatic heterocycles. The lowest BCUT2D eigenvalue weighted by molar-refractivity contribution is -0.385.